The number of rotatable bonds is 8. The fourth-order valence-corrected chi connectivity index (χ4v) is 1.94. The Hall–Kier alpha value is -1.10. The molecule has 1 rings (SSSR count). The number of hydrogen-bond donors (Lipinski definition) is 2. The van der Waals surface area contributed by atoms with E-state index in [-0.39, 0.29) is 17.9 Å². The Morgan fingerprint density at radius 3 is 2.80 bits per heavy atom. The first-order valence-electron chi connectivity index (χ1n) is 6.68. The minimum Gasteiger partial charge on any atom is -0.385 e. The van der Waals surface area contributed by atoms with E-state index in [1.807, 2.05) is 6.07 Å². The molecule has 0 atom stereocenters. The van der Waals surface area contributed by atoms with Gasteiger partial charge in [0.1, 0.15) is 0 Å². The second-order valence-electron chi connectivity index (χ2n) is 5.57. The van der Waals surface area contributed by atoms with Gasteiger partial charge in [0, 0.05) is 31.0 Å². The molecule has 1 aromatic rings. The zero-order valence-corrected chi connectivity index (χ0v) is 13.1. The summed E-state index contributed by atoms with van der Waals surface area (Å²) in [7, 11) is 1.70. The van der Waals surface area contributed by atoms with Gasteiger partial charge in [0.25, 0.3) is 0 Å². The van der Waals surface area contributed by atoms with E-state index in [9.17, 15) is 4.79 Å². The minimum absolute atomic E-state index is 0.0743. The van der Waals surface area contributed by atoms with Crippen LogP contribution in [-0.4, -0.2) is 32.7 Å². The number of carbonyl (C=O) groups is 1. The molecule has 20 heavy (non-hydrogen) atoms. The van der Waals surface area contributed by atoms with Crippen LogP contribution in [0.1, 0.15) is 20.3 Å². The third-order valence-corrected chi connectivity index (χ3v) is 3.22. The molecule has 1 amide bonds. The Bertz CT molecular complexity index is 436. The predicted molar refractivity (Wildman–Crippen MR) is 83.2 cm³/mol. The number of methoxy groups -OCH3 is 1. The Balaban J connectivity index is 2.30. The summed E-state index contributed by atoms with van der Waals surface area (Å²) >= 11 is 5.86. The molecule has 0 aliphatic heterocycles. The zero-order valence-electron chi connectivity index (χ0n) is 12.3. The third kappa shape index (κ3) is 6.89. The number of ether oxygens (including phenoxy) is 1. The second-order valence-corrected chi connectivity index (χ2v) is 6.01. The van der Waals surface area contributed by atoms with Gasteiger partial charge in [-0.2, -0.15) is 0 Å². The Labute approximate surface area is 125 Å². The number of hydrogen-bond acceptors (Lipinski definition) is 3. The zero-order chi connectivity index (χ0) is 15.0. The standard InChI is InChI=1S/C15H23ClN2O2/c1-15(2,7-8-20-3)11-17-10-14(19)18-13-6-4-5-12(16)9-13/h4-6,9,17H,7-8,10-11H2,1-3H3,(H,18,19). The fraction of sp³-hybridized carbons (Fsp3) is 0.533. The summed E-state index contributed by atoms with van der Waals surface area (Å²) < 4.78 is 5.08. The van der Waals surface area contributed by atoms with Gasteiger partial charge in [0.05, 0.1) is 6.54 Å². The molecule has 0 unspecified atom stereocenters. The van der Waals surface area contributed by atoms with Crippen LogP contribution in [-0.2, 0) is 9.53 Å². The number of carbonyl (C=O) groups excluding carboxylic acids is 1. The van der Waals surface area contributed by atoms with Crippen LogP contribution in [0.15, 0.2) is 24.3 Å². The van der Waals surface area contributed by atoms with Crippen LogP contribution in [0.3, 0.4) is 0 Å². The van der Waals surface area contributed by atoms with E-state index in [1.54, 1.807) is 25.3 Å². The fourth-order valence-electron chi connectivity index (χ4n) is 1.75. The first-order valence-corrected chi connectivity index (χ1v) is 7.06. The van der Waals surface area contributed by atoms with Crippen molar-refractivity contribution in [3.8, 4) is 0 Å². The summed E-state index contributed by atoms with van der Waals surface area (Å²) in [5.74, 6) is -0.0743. The lowest BCUT2D eigenvalue weighted by Gasteiger charge is -2.24. The van der Waals surface area contributed by atoms with Gasteiger partial charge in [-0.15, -0.1) is 0 Å². The maximum Gasteiger partial charge on any atom is 0.238 e. The topological polar surface area (TPSA) is 50.4 Å². The van der Waals surface area contributed by atoms with Crippen molar-refractivity contribution in [1.29, 1.82) is 0 Å². The van der Waals surface area contributed by atoms with Gasteiger partial charge in [-0.3, -0.25) is 4.79 Å². The van der Waals surface area contributed by atoms with E-state index in [0.29, 0.717) is 10.7 Å². The van der Waals surface area contributed by atoms with Crippen LogP contribution < -0.4 is 10.6 Å². The number of halogens is 1. The molecule has 0 aromatic heterocycles. The number of amides is 1. The maximum absolute atomic E-state index is 11.8. The quantitative estimate of drug-likeness (QED) is 0.776. The van der Waals surface area contributed by atoms with Crippen LogP contribution in [0.25, 0.3) is 0 Å². The van der Waals surface area contributed by atoms with Crippen molar-refractivity contribution < 1.29 is 9.53 Å². The van der Waals surface area contributed by atoms with Gasteiger partial charge in [-0.05, 0) is 30.0 Å². The van der Waals surface area contributed by atoms with Crippen molar-refractivity contribution in [3.63, 3.8) is 0 Å². The highest BCUT2D eigenvalue weighted by Crippen LogP contribution is 2.18. The molecule has 0 aliphatic carbocycles. The minimum atomic E-state index is -0.0743. The molecule has 1 aromatic carbocycles. The lowest BCUT2D eigenvalue weighted by Crippen LogP contribution is -2.35. The highest BCUT2D eigenvalue weighted by Gasteiger charge is 2.17. The van der Waals surface area contributed by atoms with E-state index in [4.69, 9.17) is 16.3 Å². The molecule has 0 saturated heterocycles. The normalized spacial score (nSPS) is 11.4. The van der Waals surface area contributed by atoms with Crippen molar-refractivity contribution in [3.05, 3.63) is 29.3 Å². The lowest BCUT2D eigenvalue weighted by molar-refractivity contribution is -0.115. The van der Waals surface area contributed by atoms with Crippen molar-refractivity contribution in [2.45, 2.75) is 20.3 Å². The van der Waals surface area contributed by atoms with E-state index in [1.165, 1.54) is 0 Å². The molecule has 0 spiro atoms. The van der Waals surface area contributed by atoms with Crippen molar-refractivity contribution in [1.82, 2.24) is 5.32 Å². The average Bonchev–Trinajstić information content (AvgIpc) is 2.36. The number of anilines is 1. The molecule has 2 N–H and O–H groups in total. The molecule has 0 bridgehead atoms. The molecule has 0 saturated carbocycles. The van der Waals surface area contributed by atoms with E-state index in [2.05, 4.69) is 24.5 Å². The molecule has 0 radical (unpaired) electrons. The Morgan fingerprint density at radius 1 is 1.40 bits per heavy atom. The van der Waals surface area contributed by atoms with Crippen LogP contribution in [0.4, 0.5) is 5.69 Å². The van der Waals surface area contributed by atoms with Crippen LogP contribution in [0.2, 0.25) is 5.02 Å². The monoisotopic (exact) mass is 298 g/mol. The molecular formula is C15H23ClN2O2. The van der Waals surface area contributed by atoms with Gasteiger partial charge < -0.3 is 15.4 Å². The Morgan fingerprint density at radius 2 is 2.15 bits per heavy atom. The van der Waals surface area contributed by atoms with Crippen molar-refractivity contribution in [2.24, 2.45) is 5.41 Å². The first kappa shape index (κ1) is 17.0. The molecule has 0 aliphatic rings. The van der Waals surface area contributed by atoms with Gasteiger partial charge in [0.2, 0.25) is 5.91 Å². The molecule has 0 fully saturated rings. The summed E-state index contributed by atoms with van der Waals surface area (Å²) in [4.78, 5) is 11.8. The highest BCUT2D eigenvalue weighted by molar-refractivity contribution is 6.30. The molecule has 0 heterocycles. The second kappa shape index (κ2) is 8.25. The number of benzene rings is 1. The summed E-state index contributed by atoms with van der Waals surface area (Å²) in [6.07, 6.45) is 0.951. The van der Waals surface area contributed by atoms with Gasteiger partial charge in [-0.25, -0.2) is 0 Å². The van der Waals surface area contributed by atoms with E-state index in [0.717, 1.165) is 19.6 Å². The van der Waals surface area contributed by atoms with Crippen LogP contribution in [0.5, 0.6) is 0 Å². The molecule has 112 valence electrons. The smallest absolute Gasteiger partial charge is 0.238 e. The first-order chi connectivity index (χ1) is 9.43. The van der Waals surface area contributed by atoms with E-state index >= 15 is 0 Å². The van der Waals surface area contributed by atoms with Gasteiger partial charge in [-0.1, -0.05) is 31.5 Å². The average molecular weight is 299 g/mol. The Kier molecular flexibility index (Phi) is 6.99. The SMILES string of the molecule is COCCC(C)(C)CNCC(=O)Nc1cccc(Cl)c1. The van der Waals surface area contributed by atoms with Crippen LogP contribution >= 0.6 is 11.6 Å². The lowest BCUT2D eigenvalue weighted by atomic mass is 9.90. The van der Waals surface area contributed by atoms with Gasteiger partial charge >= 0.3 is 0 Å². The maximum atomic E-state index is 11.8. The molecular weight excluding hydrogens is 276 g/mol. The summed E-state index contributed by atoms with van der Waals surface area (Å²) in [5, 5.41) is 6.58. The van der Waals surface area contributed by atoms with Gasteiger partial charge in [0.15, 0.2) is 0 Å². The largest absolute Gasteiger partial charge is 0.385 e. The van der Waals surface area contributed by atoms with Crippen LogP contribution in [0, 0.1) is 5.41 Å². The van der Waals surface area contributed by atoms with Crippen molar-refractivity contribution >= 4 is 23.2 Å². The predicted octanol–water partition coefficient (Wildman–Crippen LogP) is 2.93. The van der Waals surface area contributed by atoms with Crippen molar-refractivity contribution in [2.75, 3.05) is 32.1 Å². The summed E-state index contributed by atoms with van der Waals surface area (Å²) in [6.45, 7) is 6.06. The number of nitrogens with one attached hydrogen (secondary N) is 2. The summed E-state index contributed by atoms with van der Waals surface area (Å²) in [5.41, 5.74) is 0.815. The molecule has 4 nitrogen and oxygen atoms in total. The molecule has 5 heteroatoms. The third-order valence-electron chi connectivity index (χ3n) is 2.98. The highest BCUT2D eigenvalue weighted by atomic mass is 35.5. The van der Waals surface area contributed by atoms with E-state index < -0.39 is 0 Å². The summed E-state index contributed by atoms with van der Waals surface area (Å²) in [6, 6.07) is 7.11.